The highest BCUT2D eigenvalue weighted by Crippen LogP contribution is 2.26. The van der Waals surface area contributed by atoms with E-state index in [2.05, 4.69) is 16.0 Å². The number of nitriles is 1. The second-order valence-corrected chi connectivity index (χ2v) is 6.74. The lowest BCUT2D eigenvalue weighted by atomic mass is 9.96. The summed E-state index contributed by atoms with van der Waals surface area (Å²) in [6.45, 7) is 5.24. The van der Waals surface area contributed by atoms with Crippen LogP contribution in [0, 0.1) is 17.2 Å². The van der Waals surface area contributed by atoms with Gasteiger partial charge in [-0.25, -0.2) is 4.98 Å². The van der Waals surface area contributed by atoms with Crippen molar-refractivity contribution in [3.8, 4) is 6.07 Å². The van der Waals surface area contributed by atoms with Gasteiger partial charge in [-0.05, 0) is 45.4 Å². The molecule has 1 fully saturated rings. The van der Waals surface area contributed by atoms with E-state index in [9.17, 15) is 15.2 Å². The predicted octanol–water partition coefficient (Wildman–Crippen LogP) is 3.02. The van der Waals surface area contributed by atoms with Gasteiger partial charge in [0.05, 0.1) is 29.6 Å². The van der Waals surface area contributed by atoms with Crippen molar-refractivity contribution in [2.45, 2.75) is 32.7 Å². The number of likely N-dealkylation sites (tertiary alicyclic amines) is 1. The Morgan fingerprint density at radius 2 is 2.30 bits per heavy atom. The van der Waals surface area contributed by atoms with E-state index in [1.807, 2.05) is 36.1 Å². The smallest absolute Gasteiger partial charge is 0.310 e. The Morgan fingerprint density at radius 3 is 3.00 bits per heavy atom. The number of aliphatic hydroxyl groups is 1. The maximum absolute atomic E-state index is 12.1. The number of esters is 1. The minimum Gasteiger partial charge on any atom is -0.509 e. The van der Waals surface area contributed by atoms with Gasteiger partial charge in [0.2, 0.25) is 0 Å². The predicted molar refractivity (Wildman–Crippen MR) is 102 cm³/mol. The van der Waals surface area contributed by atoms with Crippen LogP contribution >= 0.6 is 0 Å². The summed E-state index contributed by atoms with van der Waals surface area (Å²) in [7, 11) is 0. The van der Waals surface area contributed by atoms with Crippen molar-refractivity contribution in [3.05, 3.63) is 35.8 Å². The van der Waals surface area contributed by atoms with E-state index in [1.54, 1.807) is 6.92 Å². The Hall–Kier alpha value is -2.85. The Balaban J connectivity index is 1.84. The molecule has 2 aromatic rings. The van der Waals surface area contributed by atoms with Crippen LogP contribution in [-0.4, -0.2) is 51.7 Å². The molecule has 0 saturated carbocycles. The molecular formula is C20H24N4O3. The van der Waals surface area contributed by atoms with Crippen LogP contribution in [-0.2, 0) is 9.53 Å². The number of fused-ring (bicyclic) bond motifs is 1. The molecular weight excluding hydrogens is 344 g/mol. The van der Waals surface area contributed by atoms with Crippen molar-refractivity contribution in [3.63, 3.8) is 0 Å². The number of para-hydroxylation sites is 2. The second kappa shape index (κ2) is 8.23. The van der Waals surface area contributed by atoms with E-state index in [1.165, 1.54) is 0 Å². The van der Waals surface area contributed by atoms with E-state index in [0.29, 0.717) is 19.0 Å². The Bertz CT molecular complexity index is 863. The van der Waals surface area contributed by atoms with E-state index < -0.39 is 6.04 Å². The molecule has 2 N–H and O–H groups in total. The number of ether oxygens (including phenoxy) is 1. The molecule has 0 amide bonds. The minimum absolute atomic E-state index is 0.0407. The summed E-state index contributed by atoms with van der Waals surface area (Å²) in [6.07, 6.45) is 1.62. The fraction of sp³-hybridized carbons (Fsp3) is 0.450. The quantitative estimate of drug-likeness (QED) is 0.478. The minimum atomic E-state index is -0.398. The molecule has 1 saturated heterocycles. The van der Waals surface area contributed by atoms with Crippen LogP contribution in [0.1, 0.15) is 32.5 Å². The van der Waals surface area contributed by atoms with Gasteiger partial charge in [0, 0.05) is 6.54 Å². The topological polar surface area (TPSA) is 102 Å². The lowest BCUT2D eigenvalue weighted by Crippen LogP contribution is -2.44. The highest BCUT2D eigenvalue weighted by Gasteiger charge is 2.31. The number of rotatable bonds is 5. The molecule has 0 radical (unpaired) electrons. The summed E-state index contributed by atoms with van der Waals surface area (Å²) in [4.78, 5) is 21.6. The van der Waals surface area contributed by atoms with Crippen molar-refractivity contribution in [1.82, 2.24) is 14.9 Å². The van der Waals surface area contributed by atoms with E-state index in [0.717, 1.165) is 30.4 Å². The highest BCUT2D eigenvalue weighted by molar-refractivity contribution is 5.83. The summed E-state index contributed by atoms with van der Waals surface area (Å²) in [5.41, 5.74) is 1.67. The van der Waals surface area contributed by atoms with Crippen molar-refractivity contribution in [2.24, 2.45) is 5.92 Å². The first-order valence-electron chi connectivity index (χ1n) is 9.24. The third kappa shape index (κ3) is 3.96. The number of nitrogens with zero attached hydrogens (tertiary/aromatic N) is 3. The van der Waals surface area contributed by atoms with Gasteiger partial charge in [-0.1, -0.05) is 12.1 Å². The van der Waals surface area contributed by atoms with E-state index in [-0.39, 0.29) is 23.2 Å². The van der Waals surface area contributed by atoms with Gasteiger partial charge in [-0.15, -0.1) is 0 Å². The van der Waals surface area contributed by atoms with Crippen molar-refractivity contribution >= 4 is 22.6 Å². The van der Waals surface area contributed by atoms with Crippen molar-refractivity contribution < 1.29 is 14.6 Å². The van der Waals surface area contributed by atoms with Crippen molar-refractivity contribution in [2.75, 3.05) is 19.7 Å². The normalized spacial score (nSPS) is 20.0. The number of imidazole rings is 1. The Labute approximate surface area is 158 Å². The van der Waals surface area contributed by atoms with E-state index >= 15 is 0 Å². The van der Waals surface area contributed by atoms with Gasteiger partial charge in [0.15, 0.2) is 5.82 Å². The number of benzene rings is 1. The number of aromatic nitrogens is 2. The summed E-state index contributed by atoms with van der Waals surface area (Å²) < 4.78 is 5.13. The number of allylic oxidation sites excluding steroid dienone is 1. The average Bonchev–Trinajstić information content (AvgIpc) is 3.11. The molecule has 1 aliphatic heterocycles. The van der Waals surface area contributed by atoms with Crippen LogP contribution in [0.15, 0.2) is 30.0 Å². The number of carbonyl (C=O) groups excluding carboxylic acids is 1. The van der Waals surface area contributed by atoms with Gasteiger partial charge in [-0.3, -0.25) is 9.69 Å². The molecule has 1 aromatic heterocycles. The molecule has 142 valence electrons. The molecule has 2 heterocycles. The lowest BCUT2D eigenvalue weighted by Gasteiger charge is -2.35. The molecule has 0 unspecified atom stereocenters. The fourth-order valence-corrected chi connectivity index (χ4v) is 3.50. The summed E-state index contributed by atoms with van der Waals surface area (Å²) in [5.74, 6) is -0.0931. The van der Waals surface area contributed by atoms with Gasteiger partial charge >= 0.3 is 5.97 Å². The third-order valence-corrected chi connectivity index (χ3v) is 5.01. The number of hydrogen-bond donors (Lipinski definition) is 2. The van der Waals surface area contributed by atoms with Crippen LogP contribution in [0.2, 0.25) is 0 Å². The summed E-state index contributed by atoms with van der Waals surface area (Å²) in [5, 5.41) is 20.4. The number of H-pyrrole nitrogens is 1. The van der Waals surface area contributed by atoms with Gasteiger partial charge in [0.1, 0.15) is 17.4 Å². The highest BCUT2D eigenvalue weighted by atomic mass is 16.5. The molecule has 27 heavy (non-hydrogen) atoms. The first kappa shape index (κ1) is 18.9. The molecule has 2 atom stereocenters. The zero-order valence-electron chi connectivity index (χ0n) is 15.6. The first-order chi connectivity index (χ1) is 13.0. The number of carbonyl (C=O) groups is 1. The number of hydrogen-bond acceptors (Lipinski definition) is 6. The van der Waals surface area contributed by atoms with Crippen LogP contribution in [0.4, 0.5) is 0 Å². The maximum atomic E-state index is 12.1. The second-order valence-electron chi connectivity index (χ2n) is 6.74. The number of aliphatic hydroxyl groups excluding tert-OH is 1. The molecule has 0 aliphatic carbocycles. The lowest BCUT2D eigenvalue weighted by molar-refractivity contribution is -0.150. The molecule has 0 spiro atoms. The Kier molecular flexibility index (Phi) is 5.77. The largest absolute Gasteiger partial charge is 0.509 e. The number of aromatic amines is 1. The van der Waals surface area contributed by atoms with Crippen LogP contribution in [0.3, 0.4) is 0 Å². The monoisotopic (exact) mass is 368 g/mol. The Morgan fingerprint density at radius 1 is 1.52 bits per heavy atom. The molecule has 7 heteroatoms. The molecule has 7 nitrogen and oxygen atoms in total. The zero-order chi connectivity index (χ0) is 19.4. The molecule has 1 aliphatic rings. The number of nitrogens with one attached hydrogen (secondary N) is 1. The first-order valence-corrected chi connectivity index (χ1v) is 9.24. The van der Waals surface area contributed by atoms with Crippen molar-refractivity contribution in [1.29, 1.82) is 5.26 Å². The zero-order valence-corrected chi connectivity index (χ0v) is 15.6. The summed E-state index contributed by atoms with van der Waals surface area (Å²) in [6, 6.07) is 9.14. The molecule has 1 aromatic carbocycles. The molecule has 0 bridgehead atoms. The molecule has 3 rings (SSSR count). The maximum Gasteiger partial charge on any atom is 0.310 e. The van der Waals surface area contributed by atoms with Crippen LogP contribution in [0.5, 0.6) is 0 Å². The average molecular weight is 368 g/mol. The van der Waals surface area contributed by atoms with E-state index in [4.69, 9.17) is 4.74 Å². The standard InChI is InChI=1S/C20H24N4O3/c1-3-27-20(26)14-7-6-10-24(12-14)13(2)18(25)15(11-21)19-22-16-8-4-5-9-17(16)23-19/h4-5,8-9,13-14,25H,3,6-7,10,12H2,1-2H3,(H,22,23)/b18-15-/t13-,14+/m0/s1. The van der Waals surface area contributed by atoms with Crippen LogP contribution in [0.25, 0.3) is 16.6 Å². The fourth-order valence-electron chi connectivity index (χ4n) is 3.50. The van der Waals surface area contributed by atoms with Crippen LogP contribution < -0.4 is 0 Å². The van der Waals surface area contributed by atoms with Gasteiger partial charge in [0.25, 0.3) is 0 Å². The SMILES string of the molecule is CCOC(=O)[C@@H]1CCCN([C@@H](C)/C(O)=C(\C#N)c2nc3ccccc3[nH]2)C1. The third-order valence-electron chi connectivity index (χ3n) is 5.01. The van der Waals surface area contributed by atoms with Gasteiger partial charge in [-0.2, -0.15) is 5.26 Å². The van der Waals surface area contributed by atoms with Gasteiger partial charge < -0.3 is 14.8 Å². The summed E-state index contributed by atoms with van der Waals surface area (Å²) >= 11 is 0. The number of piperidine rings is 1.